The van der Waals surface area contributed by atoms with Crippen LogP contribution < -0.4 is 21.9 Å². The van der Waals surface area contributed by atoms with E-state index in [1.54, 1.807) is 42.7 Å². The Balaban J connectivity index is 1.37. The smallest absolute Gasteiger partial charge is 0.276 e. The second kappa shape index (κ2) is 11.5. The molecule has 8 nitrogen and oxygen atoms in total. The second-order valence-electron chi connectivity index (χ2n) is 9.78. The molecule has 2 heterocycles. The van der Waals surface area contributed by atoms with Gasteiger partial charge in [0, 0.05) is 36.1 Å². The molecule has 38 heavy (non-hydrogen) atoms. The fraction of sp³-hybridized carbons (Fsp3) is 0.276. The van der Waals surface area contributed by atoms with E-state index in [0.717, 1.165) is 18.0 Å². The van der Waals surface area contributed by atoms with E-state index in [2.05, 4.69) is 39.5 Å². The van der Waals surface area contributed by atoms with E-state index in [0.29, 0.717) is 23.1 Å². The number of anilines is 1. The third-order valence-corrected chi connectivity index (χ3v) is 7.04. The molecule has 0 bridgehead atoms. The minimum absolute atomic E-state index is 0.0795. The van der Waals surface area contributed by atoms with Gasteiger partial charge in [-0.15, -0.1) is 0 Å². The Morgan fingerprint density at radius 1 is 1.03 bits per heavy atom. The third kappa shape index (κ3) is 5.74. The molecular formula is C29H32FN7O. The van der Waals surface area contributed by atoms with Crippen LogP contribution in [-0.2, 0) is 6.54 Å². The first-order valence-electron chi connectivity index (χ1n) is 12.9. The van der Waals surface area contributed by atoms with Crippen molar-refractivity contribution < 1.29 is 8.91 Å². The molecule has 5 N–H and O–H groups in total. The number of benzene rings is 2. The summed E-state index contributed by atoms with van der Waals surface area (Å²) in [6.07, 6.45) is 8.25. The number of halogens is 1. The zero-order chi connectivity index (χ0) is 26.5. The first kappa shape index (κ1) is 25.6. The van der Waals surface area contributed by atoms with E-state index in [1.165, 1.54) is 42.3 Å². The number of hydrazine groups is 1. The molecule has 1 saturated carbocycles. The van der Waals surface area contributed by atoms with E-state index in [-0.39, 0.29) is 17.3 Å². The average molecular weight is 514 g/mol. The van der Waals surface area contributed by atoms with Gasteiger partial charge < -0.3 is 15.6 Å². The summed E-state index contributed by atoms with van der Waals surface area (Å²) in [6.45, 7) is 3.15. The van der Waals surface area contributed by atoms with Gasteiger partial charge in [0.15, 0.2) is 0 Å². The normalized spacial score (nSPS) is 18.2. The summed E-state index contributed by atoms with van der Waals surface area (Å²) in [5.41, 5.74) is 9.69. The number of hydrogen-bond donors (Lipinski definition) is 3. The van der Waals surface area contributed by atoms with Crippen molar-refractivity contribution in [1.29, 1.82) is 0 Å². The van der Waals surface area contributed by atoms with Crippen LogP contribution in [0.4, 0.5) is 10.1 Å². The molecule has 1 aliphatic rings. The molecule has 0 aliphatic heterocycles. The van der Waals surface area contributed by atoms with E-state index in [9.17, 15) is 4.39 Å². The number of para-hydroxylation sites is 1. The van der Waals surface area contributed by atoms with Gasteiger partial charge in [-0.25, -0.2) is 10.2 Å². The summed E-state index contributed by atoms with van der Waals surface area (Å²) in [7, 11) is 0. The zero-order valence-electron chi connectivity index (χ0n) is 21.3. The van der Waals surface area contributed by atoms with Crippen molar-refractivity contribution in [2.75, 3.05) is 5.01 Å². The molecule has 0 spiro atoms. The van der Waals surface area contributed by atoms with Gasteiger partial charge in [0.2, 0.25) is 5.82 Å². The summed E-state index contributed by atoms with van der Waals surface area (Å²) in [5, 5.41) is 8.98. The van der Waals surface area contributed by atoms with Gasteiger partial charge >= 0.3 is 0 Å². The maximum absolute atomic E-state index is 14.6. The van der Waals surface area contributed by atoms with Crippen molar-refractivity contribution in [3.63, 3.8) is 0 Å². The summed E-state index contributed by atoms with van der Waals surface area (Å²) in [5.74, 6) is 7.19. The van der Waals surface area contributed by atoms with Gasteiger partial charge in [0.25, 0.3) is 5.89 Å². The second-order valence-corrected chi connectivity index (χ2v) is 9.78. The Hall–Kier alpha value is -4.08. The maximum Gasteiger partial charge on any atom is 0.276 e. The van der Waals surface area contributed by atoms with Crippen LogP contribution in [0.15, 0.2) is 77.6 Å². The van der Waals surface area contributed by atoms with Crippen molar-refractivity contribution in [1.82, 2.24) is 20.4 Å². The van der Waals surface area contributed by atoms with E-state index < -0.39 is 5.82 Å². The van der Waals surface area contributed by atoms with Gasteiger partial charge in [-0.3, -0.25) is 9.99 Å². The predicted octanol–water partition coefficient (Wildman–Crippen LogP) is 5.10. The van der Waals surface area contributed by atoms with Gasteiger partial charge in [0.1, 0.15) is 11.5 Å². The Morgan fingerprint density at radius 2 is 1.74 bits per heavy atom. The molecule has 5 rings (SSSR count). The molecule has 0 amide bonds. The van der Waals surface area contributed by atoms with Crippen LogP contribution >= 0.6 is 0 Å². The maximum atomic E-state index is 14.6. The molecular weight excluding hydrogens is 481 g/mol. The first-order valence-corrected chi connectivity index (χ1v) is 12.9. The number of nitrogens with one attached hydrogen (secondary N) is 1. The van der Waals surface area contributed by atoms with Crippen LogP contribution in [0, 0.1) is 11.7 Å². The number of aromatic nitrogens is 3. The highest BCUT2D eigenvalue weighted by Gasteiger charge is 2.22. The number of pyridine rings is 1. The summed E-state index contributed by atoms with van der Waals surface area (Å²) in [4.78, 5) is 8.56. The van der Waals surface area contributed by atoms with E-state index in [1.807, 2.05) is 12.1 Å². The molecule has 1 fully saturated rings. The first-order chi connectivity index (χ1) is 18.5. The standard InChI is InChI=1S/C29H32FN7O/c1-19-6-12-23(13-7-19)34-18-20-8-10-22(11-9-20)28-35-29(38-36-28)26(31)27(21-14-16-33-17-15-21)37(32)25-5-3-2-4-24(25)30/h2-5,8-11,14-17,19,23,34H,6-7,12-13,18,31-32H2,1H3/b27-26-. The quantitative estimate of drug-likeness (QED) is 0.220. The molecule has 0 saturated heterocycles. The van der Waals surface area contributed by atoms with Crippen molar-refractivity contribution in [3.05, 3.63) is 95.9 Å². The van der Waals surface area contributed by atoms with Crippen LogP contribution in [0.25, 0.3) is 22.8 Å². The molecule has 0 radical (unpaired) electrons. The highest BCUT2D eigenvalue weighted by molar-refractivity contribution is 5.93. The lowest BCUT2D eigenvalue weighted by atomic mass is 9.87. The topological polar surface area (TPSA) is 119 Å². The number of rotatable bonds is 8. The van der Waals surface area contributed by atoms with Crippen LogP contribution in [0.1, 0.15) is 49.6 Å². The fourth-order valence-corrected chi connectivity index (χ4v) is 4.75. The minimum atomic E-state index is -0.492. The predicted molar refractivity (Wildman–Crippen MR) is 146 cm³/mol. The molecule has 4 aromatic rings. The van der Waals surface area contributed by atoms with Crippen LogP contribution in [0.3, 0.4) is 0 Å². The fourth-order valence-electron chi connectivity index (χ4n) is 4.75. The lowest BCUT2D eigenvalue weighted by molar-refractivity contribution is 0.306. The van der Waals surface area contributed by atoms with Crippen molar-refractivity contribution in [3.8, 4) is 11.4 Å². The van der Waals surface area contributed by atoms with E-state index in [4.69, 9.17) is 16.1 Å². The largest absolute Gasteiger partial charge is 0.392 e. The van der Waals surface area contributed by atoms with Crippen LogP contribution in [-0.4, -0.2) is 21.2 Å². The minimum Gasteiger partial charge on any atom is -0.392 e. The highest BCUT2D eigenvalue weighted by Crippen LogP contribution is 2.30. The van der Waals surface area contributed by atoms with E-state index >= 15 is 0 Å². The Kier molecular flexibility index (Phi) is 7.76. The molecule has 0 atom stereocenters. The molecule has 196 valence electrons. The van der Waals surface area contributed by atoms with Crippen molar-refractivity contribution in [2.45, 2.75) is 45.2 Å². The third-order valence-electron chi connectivity index (χ3n) is 7.04. The Labute approximate surface area is 221 Å². The van der Waals surface area contributed by atoms with Crippen LogP contribution in [0.5, 0.6) is 0 Å². The summed E-state index contributed by atoms with van der Waals surface area (Å²) >= 11 is 0. The van der Waals surface area contributed by atoms with Gasteiger partial charge in [-0.1, -0.05) is 48.5 Å². The average Bonchev–Trinajstić information content (AvgIpc) is 3.44. The number of nitrogens with zero attached hydrogens (tertiary/aromatic N) is 4. The summed E-state index contributed by atoms with van der Waals surface area (Å²) in [6, 6.07) is 18.3. The highest BCUT2D eigenvalue weighted by atomic mass is 19.1. The molecule has 9 heteroatoms. The Bertz CT molecular complexity index is 1380. The van der Waals surface area contributed by atoms with Crippen molar-refractivity contribution >= 4 is 17.1 Å². The molecule has 2 aromatic heterocycles. The number of hydrogen-bond acceptors (Lipinski definition) is 8. The van der Waals surface area contributed by atoms with Crippen LogP contribution in [0.2, 0.25) is 0 Å². The van der Waals surface area contributed by atoms with Gasteiger partial charge in [0.05, 0.1) is 11.4 Å². The molecule has 1 aliphatic carbocycles. The molecule has 0 unspecified atom stereocenters. The lowest BCUT2D eigenvalue weighted by Crippen LogP contribution is -2.32. The summed E-state index contributed by atoms with van der Waals surface area (Å²) < 4.78 is 20.1. The monoisotopic (exact) mass is 513 g/mol. The SMILES string of the molecule is CC1CCC(NCc2ccc(-c3noc(/C(N)=C(\c4ccncc4)N(N)c4ccccc4F)n3)cc2)CC1. The van der Waals surface area contributed by atoms with Crippen molar-refractivity contribution in [2.24, 2.45) is 17.5 Å². The van der Waals surface area contributed by atoms with Gasteiger partial charge in [-0.2, -0.15) is 4.98 Å². The lowest BCUT2D eigenvalue weighted by Gasteiger charge is -2.27. The number of nitrogens with two attached hydrogens (primary N) is 2. The zero-order valence-corrected chi connectivity index (χ0v) is 21.3. The molecule has 2 aromatic carbocycles. The Morgan fingerprint density at radius 3 is 2.45 bits per heavy atom. The van der Waals surface area contributed by atoms with Gasteiger partial charge in [-0.05, 0) is 61.4 Å².